The highest BCUT2D eigenvalue weighted by Crippen LogP contribution is 2.15. The van der Waals surface area contributed by atoms with Crippen LogP contribution in [0.25, 0.3) is 5.69 Å². The predicted octanol–water partition coefficient (Wildman–Crippen LogP) is 3.59. The van der Waals surface area contributed by atoms with Crippen molar-refractivity contribution in [2.24, 2.45) is 5.10 Å². The summed E-state index contributed by atoms with van der Waals surface area (Å²) in [5.74, 6) is 0.794. The number of imidazole rings is 1. The molecule has 0 saturated heterocycles. The molecule has 0 spiro atoms. The number of benzene rings is 2. The quantitative estimate of drug-likeness (QED) is 0.411. The van der Waals surface area contributed by atoms with E-state index in [-0.39, 0.29) is 0 Å². The lowest BCUT2D eigenvalue weighted by Gasteiger charge is -2.09. The molecule has 1 heterocycles. The molecule has 26 heavy (non-hydrogen) atoms. The van der Waals surface area contributed by atoms with Crippen molar-refractivity contribution < 1.29 is 4.74 Å². The van der Waals surface area contributed by atoms with Gasteiger partial charge in [0.25, 0.3) is 0 Å². The van der Waals surface area contributed by atoms with Gasteiger partial charge in [0.15, 0.2) is 5.11 Å². The first kappa shape index (κ1) is 17.6. The number of anilines is 1. The minimum atomic E-state index is 0.421. The normalized spacial score (nSPS) is 11.1. The van der Waals surface area contributed by atoms with E-state index in [9.17, 15) is 0 Å². The SMILES string of the molecule is COc1ccc(NC(=S)N/N=C(/C)c2ccc(-n3ccnc3)cc2)cc1. The Morgan fingerprint density at radius 2 is 1.85 bits per heavy atom. The molecule has 0 aliphatic rings. The van der Waals surface area contributed by atoms with Gasteiger partial charge in [-0.2, -0.15) is 5.10 Å². The minimum Gasteiger partial charge on any atom is -0.497 e. The number of nitrogens with zero attached hydrogens (tertiary/aromatic N) is 3. The van der Waals surface area contributed by atoms with Crippen LogP contribution < -0.4 is 15.5 Å². The Morgan fingerprint density at radius 1 is 1.12 bits per heavy atom. The van der Waals surface area contributed by atoms with Crippen molar-refractivity contribution in [1.29, 1.82) is 0 Å². The summed E-state index contributed by atoms with van der Waals surface area (Å²) in [4.78, 5) is 4.05. The van der Waals surface area contributed by atoms with Crippen LogP contribution in [0.3, 0.4) is 0 Å². The first-order valence-electron chi connectivity index (χ1n) is 8.00. The Bertz CT molecular complexity index is 887. The maximum Gasteiger partial charge on any atom is 0.191 e. The van der Waals surface area contributed by atoms with Crippen molar-refractivity contribution in [3.8, 4) is 11.4 Å². The predicted molar refractivity (Wildman–Crippen MR) is 108 cm³/mol. The van der Waals surface area contributed by atoms with Gasteiger partial charge in [0.2, 0.25) is 0 Å². The average Bonchev–Trinajstić information content (AvgIpc) is 3.21. The van der Waals surface area contributed by atoms with E-state index in [1.807, 2.05) is 66.2 Å². The second-order valence-corrected chi connectivity index (χ2v) is 5.92. The number of aromatic nitrogens is 2. The standard InChI is InChI=1S/C19H19N5OS/c1-14(15-3-7-17(8-4-15)24-12-11-20-13-24)22-23-19(26)21-16-5-9-18(25-2)10-6-16/h3-13H,1-2H3,(H2,21,23,26)/b22-14-. The van der Waals surface area contributed by atoms with Gasteiger partial charge in [0, 0.05) is 23.8 Å². The van der Waals surface area contributed by atoms with Crippen LogP contribution >= 0.6 is 12.2 Å². The Balaban J connectivity index is 1.59. The van der Waals surface area contributed by atoms with Crippen LogP contribution in [0.5, 0.6) is 5.75 Å². The van der Waals surface area contributed by atoms with E-state index in [0.29, 0.717) is 5.11 Å². The summed E-state index contributed by atoms with van der Waals surface area (Å²) in [7, 11) is 1.63. The lowest BCUT2D eigenvalue weighted by molar-refractivity contribution is 0.415. The third kappa shape index (κ3) is 4.46. The number of thiocarbonyl (C=S) groups is 1. The van der Waals surface area contributed by atoms with Crippen LogP contribution in [0, 0.1) is 0 Å². The number of nitrogens with one attached hydrogen (secondary N) is 2. The maximum absolute atomic E-state index is 5.27. The van der Waals surface area contributed by atoms with Crippen molar-refractivity contribution in [2.75, 3.05) is 12.4 Å². The maximum atomic E-state index is 5.27. The molecule has 2 aromatic carbocycles. The molecular weight excluding hydrogens is 346 g/mol. The van der Waals surface area contributed by atoms with Gasteiger partial charge in [-0.3, -0.25) is 5.43 Å². The van der Waals surface area contributed by atoms with Crippen LogP contribution in [-0.2, 0) is 0 Å². The van der Waals surface area contributed by atoms with E-state index >= 15 is 0 Å². The lowest BCUT2D eigenvalue weighted by atomic mass is 10.1. The summed E-state index contributed by atoms with van der Waals surface area (Å²) < 4.78 is 7.08. The fraction of sp³-hybridized carbons (Fsp3) is 0.105. The van der Waals surface area contributed by atoms with Crippen LogP contribution in [0.4, 0.5) is 5.69 Å². The van der Waals surface area contributed by atoms with Crippen molar-refractivity contribution >= 4 is 28.7 Å². The van der Waals surface area contributed by atoms with Crippen molar-refractivity contribution in [1.82, 2.24) is 15.0 Å². The first-order chi connectivity index (χ1) is 12.7. The Morgan fingerprint density at radius 3 is 2.46 bits per heavy atom. The second kappa shape index (κ2) is 8.26. The number of rotatable bonds is 5. The average molecular weight is 365 g/mol. The number of hydrogen-bond acceptors (Lipinski definition) is 4. The van der Waals surface area contributed by atoms with Gasteiger partial charge in [-0.15, -0.1) is 0 Å². The monoisotopic (exact) mass is 365 g/mol. The molecule has 0 atom stereocenters. The smallest absolute Gasteiger partial charge is 0.191 e. The summed E-state index contributed by atoms with van der Waals surface area (Å²) in [5, 5.41) is 7.83. The highest BCUT2D eigenvalue weighted by Gasteiger charge is 2.01. The molecule has 0 bridgehead atoms. The van der Waals surface area contributed by atoms with E-state index in [0.717, 1.165) is 28.4 Å². The number of ether oxygens (including phenoxy) is 1. The molecule has 1 aromatic heterocycles. The van der Waals surface area contributed by atoms with E-state index in [1.54, 1.807) is 19.6 Å². The molecule has 0 amide bonds. The highest BCUT2D eigenvalue weighted by atomic mass is 32.1. The van der Waals surface area contributed by atoms with Gasteiger partial charge in [0.05, 0.1) is 19.1 Å². The topological polar surface area (TPSA) is 63.5 Å². The lowest BCUT2D eigenvalue weighted by Crippen LogP contribution is -2.24. The summed E-state index contributed by atoms with van der Waals surface area (Å²) in [6.45, 7) is 1.93. The largest absolute Gasteiger partial charge is 0.497 e. The molecule has 6 nitrogen and oxygen atoms in total. The van der Waals surface area contributed by atoms with Crippen molar-refractivity contribution in [2.45, 2.75) is 6.92 Å². The zero-order valence-electron chi connectivity index (χ0n) is 14.5. The van der Waals surface area contributed by atoms with Crippen LogP contribution in [0.15, 0.2) is 72.4 Å². The zero-order valence-corrected chi connectivity index (χ0v) is 15.3. The Labute approximate surface area is 157 Å². The molecule has 0 saturated carbocycles. The van der Waals surface area contributed by atoms with Crippen molar-refractivity contribution in [3.05, 3.63) is 72.8 Å². The Hall–Kier alpha value is -3.19. The number of hydrazone groups is 1. The number of methoxy groups -OCH3 is 1. The third-order valence-corrected chi connectivity index (χ3v) is 3.95. The molecule has 7 heteroatoms. The first-order valence-corrected chi connectivity index (χ1v) is 8.40. The highest BCUT2D eigenvalue weighted by molar-refractivity contribution is 7.80. The molecule has 0 fully saturated rings. The zero-order chi connectivity index (χ0) is 18.4. The van der Waals surface area contributed by atoms with E-state index in [1.165, 1.54) is 0 Å². The molecular formula is C19H19N5OS. The van der Waals surface area contributed by atoms with Gasteiger partial charge in [-0.1, -0.05) is 12.1 Å². The fourth-order valence-corrected chi connectivity index (χ4v) is 2.48. The molecule has 132 valence electrons. The second-order valence-electron chi connectivity index (χ2n) is 5.51. The summed E-state index contributed by atoms with van der Waals surface area (Å²) in [6.07, 6.45) is 5.42. The van der Waals surface area contributed by atoms with Crippen molar-refractivity contribution in [3.63, 3.8) is 0 Å². The van der Waals surface area contributed by atoms with Gasteiger partial charge in [0.1, 0.15) is 5.75 Å². The van der Waals surface area contributed by atoms with E-state index in [4.69, 9.17) is 17.0 Å². The van der Waals surface area contributed by atoms with E-state index < -0.39 is 0 Å². The Kier molecular flexibility index (Phi) is 5.60. The summed E-state index contributed by atoms with van der Waals surface area (Å²) in [5.41, 5.74) is 6.61. The third-order valence-electron chi connectivity index (χ3n) is 3.76. The number of hydrogen-bond donors (Lipinski definition) is 2. The fourth-order valence-electron chi connectivity index (χ4n) is 2.32. The molecule has 0 aliphatic carbocycles. The van der Waals surface area contributed by atoms with Crippen LogP contribution in [-0.4, -0.2) is 27.5 Å². The molecule has 0 radical (unpaired) electrons. The van der Waals surface area contributed by atoms with Crippen LogP contribution in [0.2, 0.25) is 0 Å². The minimum absolute atomic E-state index is 0.421. The van der Waals surface area contributed by atoms with Gasteiger partial charge >= 0.3 is 0 Å². The van der Waals surface area contributed by atoms with Gasteiger partial charge in [-0.05, 0) is 61.1 Å². The summed E-state index contributed by atoms with van der Waals surface area (Å²) in [6, 6.07) is 15.6. The summed E-state index contributed by atoms with van der Waals surface area (Å²) >= 11 is 5.27. The molecule has 0 unspecified atom stereocenters. The molecule has 3 rings (SSSR count). The molecule has 3 aromatic rings. The van der Waals surface area contributed by atoms with E-state index in [2.05, 4.69) is 20.8 Å². The molecule has 0 aliphatic heterocycles. The van der Waals surface area contributed by atoms with Gasteiger partial charge < -0.3 is 14.6 Å². The molecule has 2 N–H and O–H groups in total. The van der Waals surface area contributed by atoms with Crippen LogP contribution in [0.1, 0.15) is 12.5 Å². The van der Waals surface area contributed by atoms with Gasteiger partial charge in [-0.25, -0.2) is 4.98 Å².